The first-order valence-corrected chi connectivity index (χ1v) is 8.80. The number of halogens is 2. The van der Waals surface area contributed by atoms with E-state index in [4.69, 9.17) is 16.3 Å². The molecule has 1 aliphatic heterocycles. The summed E-state index contributed by atoms with van der Waals surface area (Å²) in [5.74, 6) is -0.780. The van der Waals surface area contributed by atoms with E-state index in [0.717, 1.165) is 5.69 Å². The predicted octanol–water partition coefficient (Wildman–Crippen LogP) is 3.62. The van der Waals surface area contributed by atoms with Crippen molar-refractivity contribution in [3.05, 3.63) is 58.9 Å². The second-order valence-electron chi connectivity index (χ2n) is 6.07. The van der Waals surface area contributed by atoms with Crippen LogP contribution in [0.4, 0.5) is 20.6 Å². The Balaban J connectivity index is 1.62. The van der Waals surface area contributed by atoms with Crippen molar-refractivity contribution in [3.63, 3.8) is 0 Å². The van der Waals surface area contributed by atoms with Crippen LogP contribution in [0.5, 0.6) is 0 Å². The first-order chi connectivity index (χ1) is 13.0. The number of piperazine rings is 1. The van der Waals surface area contributed by atoms with Crippen LogP contribution < -0.4 is 10.2 Å². The summed E-state index contributed by atoms with van der Waals surface area (Å²) < 4.78 is 17.7. The minimum Gasteiger partial charge on any atom is -0.465 e. The van der Waals surface area contributed by atoms with Gasteiger partial charge in [0.25, 0.3) is 0 Å². The van der Waals surface area contributed by atoms with Crippen molar-refractivity contribution in [1.29, 1.82) is 0 Å². The molecule has 142 valence electrons. The quantitative estimate of drug-likeness (QED) is 0.812. The number of ether oxygens (including phenoxy) is 1. The third-order valence-electron chi connectivity index (χ3n) is 4.37. The summed E-state index contributed by atoms with van der Waals surface area (Å²) in [6.45, 7) is 2.12. The number of nitrogens with zero attached hydrogens (tertiary/aromatic N) is 2. The minimum atomic E-state index is -0.426. The Morgan fingerprint density at radius 2 is 1.74 bits per heavy atom. The maximum atomic E-state index is 12.9. The zero-order chi connectivity index (χ0) is 19.4. The Morgan fingerprint density at radius 1 is 1.07 bits per heavy atom. The second kappa shape index (κ2) is 8.26. The molecule has 2 aromatic rings. The highest BCUT2D eigenvalue weighted by Crippen LogP contribution is 2.28. The van der Waals surface area contributed by atoms with Gasteiger partial charge in [-0.1, -0.05) is 11.6 Å². The average Bonchev–Trinajstić information content (AvgIpc) is 2.69. The fraction of sp³-hybridized carbons (Fsp3) is 0.263. The summed E-state index contributed by atoms with van der Waals surface area (Å²) in [5.41, 5.74) is 1.70. The van der Waals surface area contributed by atoms with Crippen LogP contribution in [0.1, 0.15) is 10.4 Å². The van der Waals surface area contributed by atoms with E-state index in [0.29, 0.717) is 42.5 Å². The van der Waals surface area contributed by atoms with Gasteiger partial charge < -0.3 is 19.9 Å². The lowest BCUT2D eigenvalue weighted by Gasteiger charge is -2.36. The van der Waals surface area contributed by atoms with Crippen LogP contribution in [-0.4, -0.2) is 50.2 Å². The summed E-state index contributed by atoms with van der Waals surface area (Å²) >= 11 is 6.28. The molecular weight excluding hydrogens is 373 g/mol. The van der Waals surface area contributed by atoms with E-state index in [1.54, 1.807) is 23.1 Å². The molecule has 0 bridgehead atoms. The number of esters is 1. The van der Waals surface area contributed by atoms with Gasteiger partial charge in [0, 0.05) is 31.9 Å². The monoisotopic (exact) mass is 391 g/mol. The van der Waals surface area contributed by atoms with Crippen molar-refractivity contribution in [2.24, 2.45) is 0 Å². The molecule has 6 nitrogen and oxygen atoms in total. The Kier molecular flexibility index (Phi) is 5.81. The van der Waals surface area contributed by atoms with Crippen molar-refractivity contribution >= 4 is 35.0 Å². The van der Waals surface area contributed by atoms with Gasteiger partial charge in [-0.25, -0.2) is 14.0 Å². The first-order valence-electron chi connectivity index (χ1n) is 8.42. The van der Waals surface area contributed by atoms with Crippen molar-refractivity contribution in [1.82, 2.24) is 4.90 Å². The van der Waals surface area contributed by atoms with E-state index >= 15 is 0 Å². The van der Waals surface area contributed by atoms with Gasteiger partial charge in [0.05, 0.1) is 23.4 Å². The van der Waals surface area contributed by atoms with Gasteiger partial charge in [-0.2, -0.15) is 0 Å². The van der Waals surface area contributed by atoms with E-state index in [1.165, 1.54) is 31.4 Å². The van der Waals surface area contributed by atoms with Gasteiger partial charge in [-0.15, -0.1) is 0 Å². The largest absolute Gasteiger partial charge is 0.465 e. The number of carbonyl (C=O) groups excluding carboxylic acids is 2. The number of amides is 2. The number of rotatable bonds is 3. The second-order valence-corrected chi connectivity index (χ2v) is 6.48. The molecule has 27 heavy (non-hydrogen) atoms. The zero-order valence-corrected chi connectivity index (χ0v) is 15.5. The highest BCUT2D eigenvalue weighted by atomic mass is 35.5. The van der Waals surface area contributed by atoms with Crippen molar-refractivity contribution in [2.75, 3.05) is 43.5 Å². The molecule has 0 saturated carbocycles. The lowest BCUT2D eigenvalue weighted by molar-refractivity contribution is 0.0600. The van der Waals surface area contributed by atoms with E-state index in [9.17, 15) is 14.0 Å². The molecule has 1 heterocycles. The van der Waals surface area contributed by atoms with Crippen molar-refractivity contribution < 1.29 is 18.7 Å². The Morgan fingerprint density at radius 3 is 2.37 bits per heavy atom. The lowest BCUT2D eigenvalue weighted by atomic mass is 10.1. The number of methoxy groups -OCH3 is 1. The van der Waals surface area contributed by atoms with Crippen LogP contribution in [0.15, 0.2) is 42.5 Å². The molecule has 0 unspecified atom stereocenters. The number of carbonyl (C=O) groups is 2. The molecule has 0 aliphatic carbocycles. The molecule has 2 amide bonds. The third-order valence-corrected chi connectivity index (χ3v) is 4.69. The summed E-state index contributed by atoms with van der Waals surface area (Å²) in [4.78, 5) is 27.8. The Bertz CT molecular complexity index is 837. The smallest absolute Gasteiger partial charge is 0.337 e. The van der Waals surface area contributed by atoms with Crippen molar-refractivity contribution in [2.45, 2.75) is 0 Å². The molecule has 8 heteroatoms. The van der Waals surface area contributed by atoms with Crippen molar-refractivity contribution in [3.8, 4) is 0 Å². The fourth-order valence-corrected chi connectivity index (χ4v) is 3.12. The molecule has 0 spiro atoms. The highest BCUT2D eigenvalue weighted by Gasteiger charge is 2.23. The molecule has 2 aromatic carbocycles. The normalized spacial score (nSPS) is 14.0. The topological polar surface area (TPSA) is 61.9 Å². The number of hydrogen-bond acceptors (Lipinski definition) is 4. The molecule has 1 fully saturated rings. The number of anilines is 2. The molecule has 3 rings (SSSR count). The minimum absolute atomic E-state index is 0.240. The summed E-state index contributed by atoms with van der Waals surface area (Å²) in [5, 5.41) is 3.29. The van der Waals surface area contributed by atoms with E-state index in [1.807, 2.05) is 4.90 Å². The molecule has 1 N–H and O–H groups in total. The van der Waals surface area contributed by atoms with Gasteiger partial charge in [0.15, 0.2) is 0 Å². The standard InChI is InChI=1S/C19H19ClFN3O3/c1-27-18(25)13-2-7-16(20)17(12-13)23-8-10-24(11-9-23)19(26)22-15-5-3-14(21)4-6-15/h2-7,12H,8-11H2,1H3,(H,22,26). The maximum absolute atomic E-state index is 12.9. The fourth-order valence-electron chi connectivity index (χ4n) is 2.89. The Hall–Kier alpha value is -2.80. The van der Waals surface area contributed by atoms with Crippen LogP contribution in [0, 0.1) is 5.82 Å². The van der Waals surface area contributed by atoms with Gasteiger partial charge >= 0.3 is 12.0 Å². The molecule has 0 radical (unpaired) electrons. The van der Waals surface area contributed by atoms with Gasteiger partial charge in [0.1, 0.15) is 5.82 Å². The van der Waals surface area contributed by atoms with Gasteiger partial charge in [-0.3, -0.25) is 0 Å². The van der Waals surface area contributed by atoms with Crippen LogP contribution in [0.25, 0.3) is 0 Å². The van der Waals surface area contributed by atoms with Crippen LogP contribution in [0.2, 0.25) is 5.02 Å². The molecule has 1 saturated heterocycles. The van der Waals surface area contributed by atoms with Crippen LogP contribution >= 0.6 is 11.6 Å². The van der Waals surface area contributed by atoms with Crippen LogP contribution in [0.3, 0.4) is 0 Å². The zero-order valence-electron chi connectivity index (χ0n) is 14.7. The highest BCUT2D eigenvalue weighted by molar-refractivity contribution is 6.33. The maximum Gasteiger partial charge on any atom is 0.337 e. The van der Waals surface area contributed by atoms with Crippen LogP contribution in [-0.2, 0) is 4.74 Å². The Labute approximate surface area is 161 Å². The lowest BCUT2D eigenvalue weighted by Crippen LogP contribution is -2.50. The molecule has 1 aliphatic rings. The average molecular weight is 392 g/mol. The SMILES string of the molecule is COC(=O)c1ccc(Cl)c(N2CCN(C(=O)Nc3ccc(F)cc3)CC2)c1. The van der Waals surface area contributed by atoms with E-state index in [-0.39, 0.29) is 11.8 Å². The van der Waals surface area contributed by atoms with E-state index in [2.05, 4.69) is 5.32 Å². The van der Waals surface area contributed by atoms with Gasteiger partial charge in [-0.05, 0) is 42.5 Å². The molecule has 0 atom stereocenters. The van der Waals surface area contributed by atoms with Gasteiger partial charge in [0.2, 0.25) is 0 Å². The number of nitrogens with one attached hydrogen (secondary N) is 1. The number of benzene rings is 2. The summed E-state index contributed by atoms with van der Waals surface area (Å²) in [6, 6.07) is 10.4. The number of hydrogen-bond donors (Lipinski definition) is 1. The summed E-state index contributed by atoms with van der Waals surface area (Å²) in [6.07, 6.45) is 0. The molecular formula is C19H19ClFN3O3. The third kappa shape index (κ3) is 4.49. The first kappa shape index (κ1) is 19.0. The summed E-state index contributed by atoms with van der Waals surface area (Å²) in [7, 11) is 1.33. The molecule has 0 aromatic heterocycles. The predicted molar refractivity (Wildman–Crippen MR) is 102 cm³/mol. The number of urea groups is 1. The van der Waals surface area contributed by atoms with E-state index < -0.39 is 5.97 Å².